The van der Waals surface area contributed by atoms with E-state index in [1.807, 2.05) is 24.3 Å². The minimum atomic E-state index is 0.525. The van der Waals surface area contributed by atoms with Crippen LogP contribution >= 0.6 is 28.1 Å². The van der Waals surface area contributed by atoms with Gasteiger partial charge in [-0.05, 0) is 11.6 Å². The van der Waals surface area contributed by atoms with Crippen LogP contribution in [0.5, 0.6) is 0 Å². The Hall–Kier alpha value is -0.410. The molecular formula is C8H8BrNS. The van der Waals surface area contributed by atoms with Gasteiger partial charge >= 0.3 is 0 Å². The van der Waals surface area contributed by atoms with Crippen molar-refractivity contribution in [1.29, 1.82) is 0 Å². The average molecular weight is 230 g/mol. The molecule has 0 heterocycles. The Morgan fingerprint density at radius 2 is 2.09 bits per heavy atom. The molecule has 0 spiro atoms. The number of halogens is 1. The molecule has 0 aliphatic heterocycles. The smallest absolute Gasteiger partial charge is 0.0772 e. The fourth-order valence-corrected chi connectivity index (χ4v) is 1.41. The molecule has 0 saturated heterocycles. The van der Waals surface area contributed by atoms with E-state index in [4.69, 9.17) is 18.0 Å². The standard InChI is InChI=1S/C8H8BrNS/c9-7-4-2-1-3-6(7)5-8(10)11/h1-4H,5H2,(H2,10,11). The molecule has 0 aliphatic carbocycles. The van der Waals surface area contributed by atoms with Gasteiger partial charge in [0.25, 0.3) is 0 Å². The van der Waals surface area contributed by atoms with E-state index in [-0.39, 0.29) is 0 Å². The summed E-state index contributed by atoms with van der Waals surface area (Å²) in [6.45, 7) is 0. The van der Waals surface area contributed by atoms with Crippen molar-refractivity contribution in [3.63, 3.8) is 0 Å². The molecule has 1 aromatic carbocycles. The molecule has 58 valence electrons. The normalized spacial score (nSPS) is 9.55. The Morgan fingerprint density at radius 3 is 2.64 bits per heavy atom. The van der Waals surface area contributed by atoms with Crippen molar-refractivity contribution in [2.45, 2.75) is 6.42 Å². The van der Waals surface area contributed by atoms with E-state index in [2.05, 4.69) is 15.9 Å². The lowest BCUT2D eigenvalue weighted by Gasteiger charge is -2.00. The van der Waals surface area contributed by atoms with Crippen LogP contribution < -0.4 is 5.73 Å². The third-order valence-corrected chi connectivity index (χ3v) is 2.24. The average Bonchev–Trinajstić information content (AvgIpc) is 1.93. The van der Waals surface area contributed by atoms with Gasteiger partial charge in [0.2, 0.25) is 0 Å². The second-order valence-corrected chi connectivity index (χ2v) is 3.61. The van der Waals surface area contributed by atoms with Crippen LogP contribution in [-0.2, 0) is 6.42 Å². The van der Waals surface area contributed by atoms with Crippen LogP contribution in [0.15, 0.2) is 28.7 Å². The number of hydrogen-bond acceptors (Lipinski definition) is 1. The van der Waals surface area contributed by atoms with Gasteiger partial charge in [0.05, 0.1) is 4.99 Å². The molecule has 0 bridgehead atoms. The molecule has 1 aromatic rings. The van der Waals surface area contributed by atoms with Gasteiger partial charge in [0.15, 0.2) is 0 Å². The first-order valence-electron chi connectivity index (χ1n) is 3.22. The summed E-state index contributed by atoms with van der Waals surface area (Å²) in [4.78, 5) is 0.525. The molecular weight excluding hydrogens is 222 g/mol. The summed E-state index contributed by atoms with van der Waals surface area (Å²) in [6, 6.07) is 7.92. The molecule has 0 aromatic heterocycles. The molecule has 0 unspecified atom stereocenters. The number of hydrogen-bond donors (Lipinski definition) is 1. The molecule has 0 amide bonds. The zero-order chi connectivity index (χ0) is 8.27. The Balaban J connectivity index is 2.86. The van der Waals surface area contributed by atoms with Crippen LogP contribution in [-0.4, -0.2) is 4.99 Å². The first-order valence-corrected chi connectivity index (χ1v) is 4.42. The fraction of sp³-hybridized carbons (Fsp3) is 0.125. The summed E-state index contributed by atoms with van der Waals surface area (Å²) in [5.74, 6) is 0. The van der Waals surface area contributed by atoms with Crippen molar-refractivity contribution in [2.24, 2.45) is 5.73 Å². The topological polar surface area (TPSA) is 26.0 Å². The maximum absolute atomic E-state index is 5.40. The Morgan fingerprint density at radius 1 is 1.45 bits per heavy atom. The SMILES string of the molecule is NC(=S)Cc1ccccc1Br. The second-order valence-electron chi connectivity index (χ2n) is 2.23. The fourth-order valence-electron chi connectivity index (χ4n) is 0.829. The van der Waals surface area contributed by atoms with Crippen molar-refractivity contribution in [3.8, 4) is 0 Å². The van der Waals surface area contributed by atoms with Crippen LogP contribution in [0.4, 0.5) is 0 Å². The maximum Gasteiger partial charge on any atom is 0.0772 e. The lowest BCUT2D eigenvalue weighted by Crippen LogP contribution is -2.11. The quantitative estimate of drug-likeness (QED) is 0.789. The van der Waals surface area contributed by atoms with Crippen LogP contribution in [0.2, 0.25) is 0 Å². The maximum atomic E-state index is 5.40. The van der Waals surface area contributed by atoms with Gasteiger partial charge in [0.1, 0.15) is 0 Å². The minimum absolute atomic E-state index is 0.525. The molecule has 11 heavy (non-hydrogen) atoms. The van der Waals surface area contributed by atoms with E-state index in [0.717, 1.165) is 10.0 Å². The van der Waals surface area contributed by atoms with E-state index in [1.165, 1.54) is 0 Å². The van der Waals surface area contributed by atoms with Crippen LogP contribution in [0.1, 0.15) is 5.56 Å². The lowest BCUT2D eigenvalue weighted by atomic mass is 10.2. The first kappa shape index (κ1) is 8.68. The van der Waals surface area contributed by atoms with E-state index in [1.54, 1.807) is 0 Å². The third-order valence-electron chi connectivity index (χ3n) is 1.32. The summed E-state index contributed by atoms with van der Waals surface area (Å²) in [5.41, 5.74) is 6.54. The van der Waals surface area contributed by atoms with Gasteiger partial charge in [-0.1, -0.05) is 46.3 Å². The van der Waals surface area contributed by atoms with Gasteiger partial charge in [0, 0.05) is 10.9 Å². The van der Waals surface area contributed by atoms with E-state index >= 15 is 0 Å². The first-order chi connectivity index (χ1) is 5.20. The van der Waals surface area contributed by atoms with Crippen molar-refractivity contribution in [2.75, 3.05) is 0 Å². The molecule has 2 N–H and O–H groups in total. The van der Waals surface area contributed by atoms with Gasteiger partial charge in [-0.3, -0.25) is 0 Å². The second kappa shape index (κ2) is 3.83. The summed E-state index contributed by atoms with van der Waals surface area (Å²) in [7, 11) is 0. The van der Waals surface area contributed by atoms with E-state index in [9.17, 15) is 0 Å². The predicted molar refractivity (Wildman–Crippen MR) is 54.6 cm³/mol. The molecule has 0 atom stereocenters. The zero-order valence-corrected chi connectivity index (χ0v) is 8.28. The van der Waals surface area contributed by atoms with Crippen molar-refractivity contribution < 1.29 is 0 Å². The Kier molecular flexibility index (Phi) is 3.02. The number of rotatable bonds is 2. The van der Waals surface area contributed by atoms with Crippen LogP contribution in [0, 0.1) is 0 Å². The molecule has 0 saturated carbocycles. The van der Waals surface area contributed by atoms with Gasteiger partial charge in [-0.2, -0.15) is 0 Å². The highest BCUT2D eigenvalue weighted by atomic mass is 79.9. The monoisotopic (exact) mass is 229 g/mol. The zero-order valence-electron chi connectivity index (χ0n) is 5.88. The van der Waals surface area contributed by atoms with Gasteiger partial charge in [-0.15, -0.1) is 0 Å². The van der Waals surface area contributed by atoms with E-state index in [0.29, 0.717) is 11.4 Å². The highest BCUT2D eigenvalue weighted by Gasteiger charge is 1.98. The van der Waals surface area contributed by atoms with Crippen LogP contribution in [0.25, 0.3) is 0 Å². The number of thiocarbonyl (C=S) groups is 1. The predicted octanol–water partition coefficient (Wildman–Crippen LogP) is 2.28. The number of nitrogens with two attached hydrogens (primary N) is 1. The lowest BCUT2D eigenvalue weighted by molar-refractivity contribution is 1.30. The van der Waals surface area contributed by atoms with Crippen molar-refractivity contribution >= 4 is 33.1 Å². The molecule has 1 rings (SSSR count). The summed E-state index contributed by atoms with van der Waals surface area (Å²) >= 11 is 8.20. The third kappa shape index (κ3) is 2.60. The number of benzene rings is 1. The molecule has 0 fully saturated rings. The summed E-state index contributed by atoms with van der Waals surface area (Å²) in [5, 5.41) is 0. The summed E-state index contributed by atoms with van der Waals surface area (Å²) < 4.78 is 1.06. The Bertz CT molecular complexity index is 273. The molecule has 0 aliphatic rings. The largest absolute Gasteiger partial charge is 0.393 e. The molecule has 0 radical (unpaired) electrons. The highest BCUT2D eigenvalue weighted by Crippen LogP contribution is 2.15. The minimum Gasteiger partial charge on any atom is -0.393 e. The van der Waals surface area contributed by atoms with Gasteiger partial charge in [-0.25, -0.2) is 0 Å². The molecule has 3 heteroatoms. The Labute approximate surface area is 79.7 Å². The van der Waals surface area contributed by atoms with Gasteiger partial charge < -0.3 is 5.73 Å². The van der Waals surface area contributed by atoms with E-state index < -0.39 is 0 Å². The van der Waals surface area contributed by atoms with Crippen LogP contribution in [0.3, 0.4) is 0 Å². The summed E-state index contributed by atoms with van der Waals surface area (Å²) in [6.07, 6.45) is 0.663. The van der Waals surface area contributed by atoms with Crippen molar-refractivity contribution in [1.82, 2.24) is 0 Å². The molecule has 1 nitrogen and oxygen atoms in total. The van der Waals surface area contributed by atoms with Crippen molar-refractivity contribution in [3.05, 3.63) is 34.3 Å². The highest BCUT2D eigenvalue weighted by molar-refractivity contribution is 9.10.